The smallest absolute Gasteiger partial charge is 0 e. The molecule has 0 aliphatic heterocycles. The summed E-state index contributed by atoms with van der Waals surface area (Å²) in [6.07, 6.45) is 0. The minimum Gasteiger partial charge on any atom is 0 e. The predicted octanol–water partition coefficient (Wildman–Crippen LogP) is -2.75. The summed E-state index contributed by atoms with van der Waals surface area (Å²) in [5.74, 6) is 0. The van der Waals surface area contributed by atoms with E-state index < -0.39 is 0 Å². The summed E-state index contributed by atoms with van der Waals surface area (Å²) >= 11 is 0. The summed E-state index contributed by atoms with van der Waals surface area (Å²) in [5, 5.41) is 0. The van der Waals surface area contributed by atoms with Gasteiger partial charge in [0.2, 0.25) is 0 Å². The summed E-state index contributed by atoms with van der Waals surface area (Å²) in [4.78, 5) is 0. The third-order valence-electron chi connectivity index (χ3n) is 0. The fourth-order valence-corrected chi connectivity index (χ4v) is 0. The molecule has 0 saturated carbocycles. The van der Waals surface area contributed by atoms with Crippen LogP contribution in [0.1, 0.15) is 0 Å². The van der Waals surface area contributed by atoms with Crippen LogP contribution in [0.4, 0.5) is 0 Å². The van der Waals surface area contributed by atoms with Gasteiger partial charge in [-0.15, -0.1) is 0 Å². The number of rotatable bonds is 0. The van der Waals surface area contributed by atoms with Crippen molar-refractivity contribution in [1.82, 2.24) is 0 Å². The van der Waals surface area contributed by atoms with Crippen molar-refractivity contribution in [1.29, 1.82) is 0 Å². The van der Waals surface area contributed by atoms with Crippen molar-refractivity contribution in [2.75, 3.05) is 0 Å². The Morgan fingerprint density at radius 2 is 1.00 bits per heavy atom. The van der Waals surface area contributed by atoms with Crippen LogP contribution in [0.3, 0.4) is 0 Å². The first kappa shape index (κ1) is 32.9. The van der Waals surface area contributed by atoms with Gasteiger partial charge >= 0.3 is 37.7 Å². The molecule has 19 valence electrons. The molecule has 3 radical (unpaired) electrons. The fraction of sp³-hybridized carbons (Fsp3) is 0. The van der Waals surface area contributed by atoms with Crippen LogP contribution in [-0.2, 0) is 19.5 Å². The van der Waals surface area contributed by atoms with Crippen molar-refractivity contribution in [2.24, 2.45) is 0 Å². The number of hydrogen-bond donors (Lipinski definition) is 0. The summed E-state index contributed by atoms with van der Waals surface area (Å²) in [5.41, 5.74) is 0. The van der Waals surface area contributed by atoms with E-state index in [4.69, 9.17) is 0 Å². The van der Waals surface area contributed by atoms with Crippen LogP contribution >= 0.6 is 0 Å². The van der Waals surface area contributed by atoms with Crippen LogP contribution in [0.25, 0.3) is 0 Å². The van der Waals surface area contributed by atoms with Crippen LogP contribution in [0.15, 0.2) is 0 Å². The molecule has 0 fully saturated rings. The van der Waals surface area contributed by atoms with Gasteiger partial charge in [0.1, 0.15) is 0 Å². The van der Waals surface area contributed by atoms with Crippen LogP contribution in [0, 0.1) is 0 Å². The molecule has 0 rings (SSSR count). The van der Waals surface area contributed by atoms with Gasteiger partial charge in [-0.2, -0.15) is 0 Å². The van der Waals surface area contributed by atoms with E-state index in [1.807, 2.05) is 0 Å². The second kappa shape index (κ2) is 18.3. The monoisotopic (exact) mass is 241 g/mol. The minimum atomic E-state index is 0. The van der Waals surface area contributed by atoms with E-state index in [9.17, 15) is 0 Å². The van der Waals surface area contributed by atoms with Gasteiger partial charge in [0.25, 0.3) is 0 Å². The molecule has 1 unspecified atom stereocenters. The maximum atomic E-state index is 0. The third kappa shape index (κ3) is 8.84. The van der Waals surface area contributed by atoms with E-state index in [1.54, 1.807) is 0 Å². The third-order valence-corrected chi connectivity index (χ3v) is 0. The molecule has 4 heavy (non-hydrogen) atoms. The first-order chi connectivity index (χ1) is 0. The largest absolute Gasteiger partial charge is 0 e. The van der Waals surface area contributed by atoms with Gasteiger partial charge in [-0.1, -0.05) is 0 Å². The molecule has 0 saturated heterocycles. The maximum Gasteiger partial charge on any atom is 0 e. The summed E-state index contributed by atoms with van der Waals surface area (Å²) in [6.45, 7) is 0. The maximum absolute atomic E-state index is 0. The Morgan fingerprint density at radius 1 is 1.00 bits per heavy atom. The molecule has 0 aromatic rings. The molecule has 0 aliphatic carbocycles. The average Bonchev–Trinajstić information content (AvgIpc) is 0. The fourth-order valence-electron chi connectivity index (χ4n) is 0. The molecule has 0 aliphatic rings. The molecule has 0 nitrogen and oxygen atoms in total. The van der Waals surface area contributed by atoms with E-state index in [2.05, 4.69) is 0 Å². The second-order valence-electron chi connectivity index (χ2n) is 0. The van der Waals surface area contributed by atoms with E-state index in [0.29, 0.717) is 0 Å². The molecule has 0 bridgehead atoms. The molecular formula is H6AlAsGaZn. The Balaban J connectivity index is 0. The van der Waals surface area contributed by atoms with Crippen molar-refractivity contribution < 1.29 is 19.5 Å². The molecule has 0 N–H and O–H groups in total. The van der Waals surface area contributed by atoms with Crippen LogP contribution in [0.5, 0.6) is 0 Å². The molecule has 4 heteroatoms. The van der Waals surface area contributed by atoms with Crippen molar-refractivity contribution in [3.05, 3.63) is 0 Å². The molecule has 1 atom stereocenters. The van der Waals surface area contributed by atoms with Gasteiger partial charge in [0.05, 0.1) is 0 Å². The zero-order valence-corrected chi connectivity index (χ0v) is 9.08. The van der Waals surface area contributed by atoms with Crippen molar-refractivity contribution in [2.45, 2.75) is 0 Å². The average molecular weight is 243 g/mol. The van der Waals surface area contributed by atoms with Gasteiger partial charge < -0.3 is 0 Å². The summed E-state index contributed by atoms with van der Waals surface area (Å²) in [6, 6.07) is 0. The Bertz CT molecular complexity index is 8.00. The molecular weight excluding hydrogens is 237 g/mol. The molecule has 0 aromatic carbocycles. The Hall–Kier alpha value is 2.35. The molecule has 0 spiro atoms. The Labute approximate surface area is 73.7 Å². The zero-order chi connectivity index (χ0) is 0. The van der Waals surface area contributed by atoms with Crippen molar-refractivity contribution in [3.63, 3.8) is 0 Å². The van der Waals surface area contributed by atoms with E-state index >= 15 is 0 Å². The normalized spacial score (nSPS) is 0. The van der Waals surface area contributed by atoms with Crippen LogP contribution in [0.2, 0.25) is 0 Å². The van der Waals surface area contributed by atoms with E-state index in [-0.39, 0.29) is 74.6 Å². The van der Waals surface area contributed by atoms with Crippen LogP contribution in [-0.4, -0.2) is 55.1 Å². The van der Waals surface area contributed by atoms with E-state index in [0.717, 1.165) is 0 Å². The SMILES string of the molecule is [Al].[AsH3].[GaH3].[Zn]. The second-order valence-corrected chi connectivity index (χ2v) is 0. The predicted molar refractivity (Wildman–Crippen MR) is 25.6 cm³/mol. The first-order valence-electron chi connectivity index (χ1n) is 0. The van der Waals surface area contributed by atoms with Gasteiger partial charge in [0, 0.05) is 36.8 Å². The molecule has 0 aromatic heterocycles. The number of hydrogen-bond acceptors (Lipinski definition) is 0. The van der Waals surface area contributed by atoms with Gasteiger partial charge in [-0.05, 0) is 0 Å². The van der Waals surface area contributed by atoms with Gasteiger partial charge in [-0.3, -0.25) is 0 Å². The quantitative estimate of drug-likeness (QED) is 0.405. The topological polar surface area (TPSA) is 0 Å². The Kier molecular flexibility index (Phi) is 151. The molecule has 0 heterocycles. The first-order valence-corrected chi connectivity index (χ1v) is 0. The minimum absolute atomic E-state index is 0. The van der Waals surface area contributed by atoms with E-state index in [1.165, 1.54) is 0 Å². The zero-order valence-electron chi connectivity index (χ0n) is 1.99. The van der Waals surface area contributed by atoms with Crippen LogP contribution < -0.4 is 0 Å². The Morgan fingerprint density at radius 3 is 1.00 bits per heavy atom. The van der Waals surface area contributed by atoms with Crippen molar-refractivity contribution in [3.8, 4) is 0 Å². The van der Waals surface area contributed by atoms with Crippen molar-refractivity contribution >= 4 is 55.1 Å². The summed E-state index contributed by atoms with van der Waals surface area (Å²) < 4.78 is 0. The standard InChI is InChI=1S/Al.AsH3.Ga.Zn.3H/h;1H3;;;;;. The van der Waals surface area contributed by atoms with Gasteiger partial charge in [0.15, 0.2) is 0 Å². The molecule has 0 amide bonds. The summed E-state index contributed by atoms with van der Waals surface area (Å²) in [7, 11) is 0. The van der Waals surface area contributed by atoms with Gasteiger partial charge in [-0.25, -0.2) is 0 Å².